The Bertz CT molecular complexity index is 779. The molecule has 8 heteroatoms. The first kappa shape index (κ1) is 22.0. The maximum absolute atomic E-state index is 11.8. The van der Waals surface area contributed by atoms with E-state index in [0.29, 0.717) is 19.1 Å². The predicted octanol–water partition coefficient (Wildman–Crippen LogP) is 1.83. The van der Waals surface area contributed by atoms with Crippen molar-refractivity contribution in [3.8, 4) is 5.75 Å². The number of hydrogen-bond acceptors (Lipinski definition) is 6. The van der Waals surface area contributed by atoms with Gasteiger partial charge in [0.05, 0.1) is 43.9 Å². The number of aliphatic carboxylic acids is 1. The third-order valence-electron chi connectivity index (χ3n) is 6.72. The summed E-state index contributed by atoms with van der Waals surface area (Å²) < 4.78 is 17.5. The van der Waals surface area contributed by atoms with Gasteiger partial charge in [0.2, 0.25) is 5.91 Å². The van der Waals surface area contributed by atoms with Gasteiger partial charge in [-0.25, -0.2) is 0 Å². The number of amides is 1. The monoisotopic (exact) mass is 432 g/mol. The number of carboxylic acids is 1. The van der Waals surface area contributed by atoms with Gasteiger partial charge in [-0.3, -0.25) is 9.59 Å². The number of rotatable bonds is 8. The second-order valence-electron chi connectivity index (χ2n) is 8.79. The van der Waals surface area contributed by atoms with E-state index >= 15 is 0 Å². The minimum atomic E-state index is -0.854. The third kappa shape index (κ3) is 5.37. The van der Waals surface area contributed by atoms with Gasteiger partial charge in [0.1, 0.15) is 12.4 Å². The Morgan fingerprint density at radius 2 is 2.03 bits per heavy atom. The molecule has 3 fully saturated rings. The minimum Gasteiger partial charge on any atom is -0.493 e. The highest BCUT2D eigenvalue weighted by Gasteiger charge is 2.46. The number of carbonyl (C=O) groups is 2. The van der Waals surface area contributed by atoms with Crippen LogP contribution in [-0.2, 0) is 19.1 Å². The van der Waals surface area contributed by atoms with Gasteiger partial charge in [-0.2, -0.15) is 0 Å². The standard InChI is InChI=1S/C23H32N2O6/c26-21-14-29-15-23(25-21)10-11-24-20(23)13-31-17-7-5-16(6-8-17)18-3-1-2-4-19(18)30-12-9-22(27)28/h1-4,16-17,20,24H,5-15H2,(H,25,26)(H,27,28)/t16-,17+,20?,23?. The first-order valence-electron chi connectivity index (χ1n) is 11.2. The van der Waals surface area contributed by atoms with E-state index in [2.05, 4.69) is 16.7 Å². The molecule has 8 nitrogen and oxygen atoms in total. The van der Waals surface area contributed by atoms with E-state index in [1.807, 2.05) is 18.2 Å². The molecule has 1 spiro atoms. The topological polar surface area (TPSA) is 106 Å². The lowest BCUT2D eigenvalue weighted by atomic mass is 9.82. The normalized spacial score (nSPS) is 30.8. The van der Waals surface area contributed by atoms with E-state index in [-0.39, 0.29) is 43.2 Å². The molecule has 2 aliphatic heterocycles. The Hall–Kier alpha value is -2.16. The van der Waals surface area contributed by atoms with Crippen LogP contribution >= 0.6 is 0 Å². The number of carbonyl (C=O) groups excluding carboxylic acids is 1. The average Bonchev–Trinajstić information content (AvgIpc) is 3.14. The number of benzene rings is 1. The van der Waals surface area contributed by atoms with E-state index < -0.39 is 5.97 Å². The SMILES string of the molecule is O=C(O)CCOc1ccccc1[C@H]1CC[C@@H](OCC2NCCC23COCC(=O)N3)CC1. The van der Waals surface area contributed by atoms with Crippen LogP contribution in [0.3, 0.4) is 0 Å². The summed E-state index contributed by atoms with van der Waals surface area (Å²) in [5.41, 5.74) is 0.809. The van der Waals surface area contributed by atoms with E-state index in [0.717, 1.165) is 50.0 Å². The van der Waals surface area contributed by atoms with E-state index in [1.54, 1.807) is 0 Å². The molecule has 1 amide bonds. The quantitative estimate of drug-likeness (QED) is 0.575. The molecule has 0 radical (unpaired) electrons. The Morgan fingerprint density at radius 1 is 1.23 bits per heavy atom. The summed E-state index contributed by atoms with van der Waals surface area (Å²) in [5, 5.41) is 15.4. The van der Waals surface area contributed by atoms with E-state index in [1.165, 1.54) is 0 Å². The van der Waals surface area contributed by atoms with Gasteiger partial charge in [-0.1, -0.05) is 18.2 Å². The van der Waals surface area contributed by atoms with Gasteiger partial charge < -0.3 is 30.0 Å². The Morgan fingerprint density at radius 3 is 2.81 bits per heavy atom. The molecule has 3 N–H and O–H groups in total. The summed E-state index contributed by atoms with van der Waals surface area (Å²) in [6, 6.07) is 8.00. The van der Waals surface area contributed by atoms with Crippen LogP contribution in [0.2, 0.25) is 0 Å². The number of ether oxygens (including phenoxy) is 3. The molecule has 170 valence electrons. The Labute approximate surface area is 182 Å². The van der Waals surface area contributed by atoms with Crippen LogP contribution in [0, 0.1) is 0 Å². The first-order chi connectivity index (χ1) is 15.1. The molecule has 2 saturated heterocycles. The van der Waals surface area contributed by atoms with Gasteiger partial charge in [-0.15, -0.1) is 0 Å². The minimum absolute atomic E-state index is 0.00287. The van der Waals surface area contributed by atoms with Crippen molar-refractivity contribution < 1.29 is 28.9 Å². The largest absolute Gasteiger partial charge is 0.493 e. The Kier molecular flexibility index (Phi) is 7.09. The van der Waals surface area contributed by atoms with Crippen LogP contribution < -0.4 is 15.4 Å². The molecule has 0 aromatic heterocycles. The molecule has 4 rings (SSSR count). The highest BCUT2D eigenvalue weighted by molar-refractivity contribution is 5.79. The summed E-state index contributed by atoms with van der Waals surface area (Å²) in [5.74, 6) is 0.277. The van der Waals surface area contributed by atoms with Crippen molar-refractivity contribution in [1.82, 2.24) is 10.6 Å². The van der Waals surface area contributed by atoms with Crippen molar-refractivity contribution in [3.05, 3.63) is 29.8 Å². The zero-order valence-corrected chi connectivity index (χ0v) is 17.8. The summed E-state index contributed by atoms with van der Waals surface area (Å²) in [7, 11) is 0. The van der Waals surface area contributed by atoms with Gasteiger partial charge in [0, 0.05) is 0 Å². The molecule has 2 heterocycles. The zero-order chi connectivity index (χ0) is 21.7. The first-order valence-corrected chi connectivity index (χ1v) is 11.2. The van der Waals surface area contributed by atoms with Crippen LogP contribution in [0.1, 0.15) is 50.0 Å². The van der Waals surface area contributed by atoms with Gasteiger partial charge in [0.15, 0.2) is 0 Å². The maximum atomic E-state index is 11.8. The molecule has 2 atom stereocenters. The maximum Gasteiger partial charge on any atom is 0.306 e. The lowest BCUT2D eigenvalue weighted by molar-refractivity contribution is -0.138. The van der Waals surface area contributed by atoms with Gasteiger partial charge in [0.25, 0.3) is 0 Å². The van der Waals surface area contributed by atoms with Gasteiger partial charge >= 0.3 is 5.97 Å². The number of para-hydroxylation sites is 1. The van der Waals surface area contributed by atoms with Crippen molar-refractivity contribution in [1.29, 1.82) is 0 Å². The van der Waals surface area contributed by atoms with Crippen molar-refractivity contribution in [2.24, 2.45) is 0 Å². The van der Waals surface area contributed by atoms with Crippen molar-refractivity contribution in [2.45, 2.75) is 62.1 Å². The summed E-state index contributed by atoms with van der Waals surface area (Å²) in [6.45, 7) is 2.27. The third-order valence-corrected chi connectivity index (χ3v) is 6.72. The number of hydrogen-bond donors (Lipinski definition) is 3. The highest BCUT2D eigenvalue weighted by Crippen LogP contribution is 2.38. The number of morpholine rings is 1. The summed E-state index contributed by atoms with van der Waals surface area (Å²) in [4.78, 5) is 22.6. The molecular formula is C23H32N2O6. The fourth-order valence-corrected chi connectivity index (χ4v) is 5.03. The molecule has 2 unspecified atom stereocenters. The van der Waals surface area contributed by atoms with Crippen LogP contribution in [0.4, 0.5) is 0 Å². The van der Waals surface area contributed by atoms with E-state index in [4.69, 9.17) is 19.3 Å². The molecule has 3 aliphatic rings. The lowest BCUT2D eigenvalue weighted by Gasteiger charge is -2.39. The number of nitrogens with one attached hydrogen (secondary N) is 2. The second-order valence-corrected chi connectivity index (χ2v) is 8.79. The van der Waals surface area contributed by atoms with Crippen molar-refractivity contribution in [3.63, 3.8) is 0 Å². The van der Waals surface area contributed by atoms with Crippen LogP contribution in [0.5, 0.6) is 5.75 Å². The van der Waals surface area contributed by atoms with Crippen molar-refractivity contribution in [2.75, 3.05) is 33.0 Å². The Balaban J connectivity index is 1.27. The fraction of sp³-hybridized carbons (Fsp3) is 0.652. The fourth-order valence-electron chi connectivity index (χ4n) is 5.03. The zero-order valence-electron chi connectivity index (χ0n) is 17.8. The smallest absolute Gasteiger partial charge is 0.306 e. The van der Waals surface area contributed by atoms with E-state index in [9.17, 15) is 9.59 Å². The molecule has 31 heavy (non-hydrogen) atoms. The lowest BCUT2D eigenvalue weighted by Crippen LogP contribution is -2.64. The molecule has 1 aromatic rings. The highest BCUT2D eigenvalue weighted by atomic mass is 16.5. The predicted molar refractivity (Wildman–Crippen MR) is 113 cm³/mol. The van der Waals surface area contributed by atoms with Crippen LogP contribution in [0.25, 0.3) is 0 Å². The van der Waals surface area contributed by atoms with Gasteiger partial charge in [-0.05, 0) is 56.2 Å². The second kappa shape index (κ2) is 9.97. The molecule has 1 saturated carbocycles. The summed E-state index contributed by atoms with van der Waals surface area (Å²) in [6.07, 6.45) is 5.01. The van der Waals surface area contributed by atoms with Crippen LogP contribution in [0.15, 0.2) is 24.3 Å². The number of carboxylic acid groups (broad SMARTS) is 1. The summed E-state index contributed by atoms with van der Waals surface area (Å²) >= 11 is 0. The molecule has 1 aliphatic carbocycles. The molecule has 1 aromatic carbocycles. The van der Waals surface area contributed by atoms with Crippen molar-refractivity contribution >= 4 is 11.9 Å². The van der Waals surface area contributed by atoms with Crippen LogP contribution in [-0.4, -0.2) is 67.6 Å². The molecule has 0 bridgehead atoms. The molecular weight excluding hydrogens is 400 g/mol. The average molecular weight is 433 g/mol.